The number of nitrogens with one attached hydrogen (secondary N) is 2. The van der Waals surface area contributed by atoms with Crippen LogP contribution in [0.1, 0.15) is 0 Å². The SMILES string of the molecule is C[NH+]1CC[NH+](CC(O)Cn2c3ccccc3c3ccccc32)CC1. The van der Waals surface area contributed by atoms with Gasteiger partial charge >= 0.3 is 0 Å². The van der Waals surface area contributed by atoms with Crippen LogP contribution in [0.4, 0.5) is 0 Å². The van der Waals surface area contributed by atoms with Crippen LogP contribution in [0.2, 0.25) is 0 Å². The number of aliphatic hydroxyl groups excluding tert-OH is 1. The van der Waals surface area contributed by atoms with E-state index in [4.69, 9.17) is 0 Å². The van der Waals surface area contributed by atoms with Crippen molar-refractivity contribution in [2.75, 3.05) is 39.8 Å². The summed E-state index contributed by atoms with van der Waals surface area (Å²) in [5.74, 6) is 0. The maximum absolute atomic E-state index is 10.7. The maximum atomic E-state index is 10.7. The first-order valence-electron chi connectivity index (χ1n) is 9.01. The lowest BCUT2D eigenvalue weighted by Gasteiger charge is -2.28. The Balaban J connectivity index is 1.59. The Labute approximate surface area is 142 Å². The molecule has 3 N–H and O–H groups in total. The number of likely N-dealkylation sites (N-methyl/N-ethyl adjacent to an activating group) is 1. The smallest absolute Gasteiger partial charge is 0.127 e. The largest absolute Gasteiger partial charge is 0.385 e. The summed E-state index contributed by atoms with van der Waals surface area (Å²) >= 11 is 0. The van der Waals surface area contributed by atoms with Crippen LogP contribution in [-0.4, -0.2) is 55.5 Å². The van der Waals surface area contributed by atoms with Crippen LogP contribution in [0.5, 0.6) is 0 Å². The summed E-state index contributed by atoms with van der Waals surface area (Å²) in [6.07, 6.45) is -0.308. The van der Waals surface area contributed by atoms with Crippen molar-refractivity contribution in [2.45, 2.75) is 12.6 Å². The van der Waals surface area contributed by atoms with Gasteiger partial charge in [0.25, 0.3) is 0 Å². The van der Waals surface area contributed by atoms with Crippen LogP contribution in [0.3, 0.4) is 0 Å². The molecule has 0 aliphatic carbocycles. The molecule has 0 amide bonds. The highest BCUT2D eigenvalue weighted by Crippen LogP contribution is 2.28. The minimum atomic E-state index is -0.308. The van der Waals surface area contributed by atoms with Crippen LogP contribution in [0.25, 0.3) is 21.8 Å². The van der Waals surface area contributed by atoms with E-state index >= 15 is 0 Å². The van der Waals surface area contributed by atoms with Crippen molar-refractivity contribution in [3.8, 4) is 0 Å². The predicted molar refractivity (Wildman–Crippen MR) is 97.6 cm³/mol. The van der Waals surface area contributed by atoms with E-state index in [9.17, 15) is 5.11 Å². The third-order valence-electron chi connectivity index (χ3n) is 5.41. The summed E-state index contributed by atoms with van der Waals surface area (Å²) in [6, 6.07) is 17.0. The summed E-state index contributed by atoms with van der Waals surface area (Å²) in [4.78, 5) is 3.14. The molecule has 1 aromatic heterocycles. The van der Waals surface area contributed by atoms with Gasteiger partial charge in [-0.3, -0.25) is 0 Å². The second-order valence-electron chi connectivity index (χ2n) is 7.21. The monoisotopic (exact) mass is 325 g/mol. The predicted octanol–water partition coefficient (Wildman–Crippen LogP) is -0.431. The molecule has 4 nitrogen and oxygen atoms in total. The second-order valence-corrected chi connectivity index (χ2v) is 7.21. The number of hydrogen-bond donors (Lipinski definition) is 3. The lowest BCUT2D eigenvalue weighted by Crippen LogP contribution is -3.27. The lowest BCUT2D eigenvalue weighted by atomic mass is 10.2. The molecule has 126 valence electrons. The fourth-order valence-electron chi connectivity index (χ4n) is 4.04. The van der Waals surface area contributed by atoms with E-state index in [-0.39, 0.29) is 6.10 Å². The van der Waals surface area contributed by atoms with Gasteiger partial charge in [-0.15, -0.1) is 0 Å². The second kappa shape index (κ2) is 6.55. The topological polar surface area (TPSA) is 34.0 Å². The van der Waals surface area contributed by atoms with Crippen LogP contribution in [-0.2, 0) is 6.54 Å². The molecule has 1 saturated heterocycles. The molecule has 24 heavy (non-hydrogen) atoms. The van der Waals surface area contributed by atoms with Gasteiger partial charge in [0.05, 0.1) is 13.6 Å². The molecule has 0 bridgehead atoms. The van der Waals surface area contributed by atoms with Gasteiger partial charge in [0.1, 0.15) is 38.8 Å². The number of piperazine rings is 1. The zero-order valence-corrected chi connectivity index (χ0v) is 14.3. The van der Waals surface area contributed by atoms with Crippen molar-refractivity contribution in [1.82, 2.24) is 4.57 Å². The van der Waals surface area contributed by atoms with Crippen molar-refractivity contribution in [1.29, 1.82) is 0 Å². The first-order chi connectivity index (χ1) is 11.7. The van der Waals surface area contributed by atoms with E-state index in [1.54, 1.807) is 4.90 Å². The molecule has 3 aromatic rings. The van der Waals surface area contributed by atoms with Crippen molar-refractivity contribution < 1.29 is 14.9 Å². The summed E-state index contributed by atoms with van der Waals surface area (Å²) in [5, 5.41) is 13.3. The number of quaternary nitrogens is 2. The number of nitrogens with zero attached hydrogens (tertiary/aromatic N) is 1. The van der Waals surface area contributed by atoms with Crippen LogP contribution >= 0.6 is 0 Å². The Kier molecular flexibility index (Phi) is 4.27. The van der Waals surface area contributed by atoms with E-state index in [1.807, 2.05) is 0 Å². The average Bonchev–Trinajstić information content (AvgIpc) is 2.92. The van der Waals surface area contributed by atoms with Crippen LogP contribution < -0.4 is 9.80 Å². The first kappa shape index (κ1) is 15.6. The minimum absolute atomic E-state index is 0.308. The molecule has 4 heteroatoms. The van der Waals surface area contributed by atoms with Gasteiger partial charge in [0, 0.05) is 21.8 Å². The number of aliphatic hydroxyl groups is 1. The van der Waals surface area contributed by atoms with Crippen LogP contribution in [0.15, 0.2) is 48.5 Å². The average molecular weight is 325 g/mol. The van der Waals surface area contributed by atoms with E-state index in [1.165, 1.54) is 39.8 Å². The molecule has 1 unspecified atom stereocenters. The third-order valence-corrected chi connectivity index (χ3v) is 5.41. The highest BCUT2D eigenvalue weighted by molar-refractivity contribution is 6.07. The van der Waals surface area contributed by atoms with Gasteiger partial charge in [-0.2, -0.15) is 0 Å². The zero-order valence-electron chi connectivity index (χ0n) is 14.3. The van der Waals surface area contributed by atoms with Crippen molar-refractivity contribution in [3.05, 3.63) is 48.5 Å². The molecule has 1 aliphatic heterocycles. The maximum Gasteiger partial charge on any atom is 0.127 e. The summed E-state index contributed by atoms with van der Waals surface area (Å²) in [7, 11) is 2.26. The highest BCUT2D eigenvalue weighted by atomic mass is 16.3. The number of rotatable bonds is 4. The Bertz CT molecular complexity index is 780. The molecule has 0 saturated carbocycles. The highest BCUT2D eigenvalue weighted by Gasteiger charge is 2.23. The molecule has 2 aromatic carbocycles. The minimum Gasteiger partial charge on any atom is -0.385 e. The standard InChI is InChI=1S/C20H25N3O/c1-21-10-12-22(13-11-21)14-16(24)15-23-19-8-4-2-6-17(19)18-7-3-5-9-20(18)23/h2-9,16,24H,10-15H2,1H3/p+2. The fraction of sp³-hybridized carbons (Fsp3) is 0.400. The normalized spacial score (nSPS) is 22.9. The Hall–Kier alpha value is -1.88. The van der Waals surface area contributed by atoms with Gasteiger partial charge in [-0.05, 0) is 12.1 Å². The molecule has 0 spiro atoms. The number of aromatic nitrogens is 1. The van der Waals surface area contributed by atoms with Crippen molar-refractivity contribution >= 4 is 21.8 Å². The van der Waals surface area contributed by atoms with Gasteiger partial charge in [-0.25, -0.2) is 0 Å². The zero-order chi connectivity index (χ0) is 16.5. The summed E-state index contributed by atoms with van der Waals surface area (Å²) < 4.78 is 2.29. The van der Waals surface area contributed by atoms with Gasteiger partial charge in [-0.1, -0.05) is 36.4 Å². The summed E-state index contributed by atoms with van der Waals surface area (Å²) in [5.41, 5.74) is 2.44. The molecule has 2 heterocycles. The number of fused-ring (bicyclic) bond motifs is 3. The van der Waals surface area contributed by atoms with E-state index < -0.39 is 0 Å². The molecular weight excluding hydrogens is 298 g/mol. The molecule has 1 fully saturated rings. The molecule has 1 aliphatic rings. The van der Waals surface area contributed by atoms with Gasteiger partial charge in [0.15, 0.2) is 0 Å². The number of benzene rings is 2. The molecule has 0 radical (unpaired) electrons. The van der Waals surface area contributed by atoms with Gasteiger partial charge < -0.3 is 19.5 Å². The summed E-state index contributed by atoms with van der Waals surface area (Å²) in [6.45, 7) is 6.25. The van der Waals surface area contributed by atoms with Crippen LogP contribution in [0, 0.1) is 0 Å². The van der Waals surface area contributed by atoms with E-state index in [0.29, 0.717) is 6.54 Å². The number of para-hydroxylation sites is 2. The molecular formula is C20H27N3O+2. The van der Waals surface area contributed by atoms with Crippen molar-refractivity contribution in [3.63, 3.8) is 0 Å². The fourth-order valence-corrected chi connectivity index (χ4v) is 4.04. The molecule has 1 atom stereocenters. The first-order valence-corrected chi connectivity index (χ1v) is 9.01. The lowest BCUT2D eigenvalue weighted by molar-refractivity contribution is -1.00. The van der Waals surface area contributed by atoms with E-state index in [2.05, 4.69) is 60.1 Å². The Morgan fingerprint density at radius 2 is 1.46 bits per heavy atom. The molecule has 4 rings (SSSR count). The van der Waals surface area contributed by atoms with E-state index in [0.717, 1.165) is 19.6 Å². The Morgan fingerprint density at radius 3 is 2.04 bits per heavy atom. The van der Waals surface area contributed by atoms with Gasteiger partial charge in [0.2, 0.25) is 0 Å². The van der Waals surface area contributed by atoms with Crippen molar-refractivity contribution in [2.24, 2.45) is 0 Å². The quantitative estimate of drug-likeness (QED) is 0.598. The number of hydrogen-bond acceptors (Lipinski definition) is 1. The Morgan fingerprint density at radius 1 is 0.917 bits per heavy atom. The third kappa shape index (κ3) is 2.93.